The number of hydrogen-bond donors (Lipinski definition) is 1. The van der Waals surface area contributed by atoms with E-state index in [-0.39, 0.29) is 5.91 Å². The van der Waals surface area contributed by atoms with Crippen LogP contribution >= 0.6 is 0 Å². The van der Waals surface area contributed by atoms with E-state index >= 15 is 0 Å². The average Bonchev–Trinajstić information content (AvgIpc) is 3.06. The molecule has 5 nitrogen and oxygen atoms in total. The molecule has 1 amide bonds. The molecule has 4 rings (SSSR count). The minimum absolute atomic E-state index is 0.0683. The van der Waals surface area contributed by atoms with E-state index in [1.807, 2.05) is 24.3 Å². The molecule has 2 fully saturated rings. The Morgan fingerprint density at radius 2 is 2.17 bits per heavy atom. The summed E-state index contributed by atoms with van der Waals surface area (Å²) in [6, 6.07) is 9.44. The van der Waals surface area contributed by atoms with Crippen LogP contribution in [0.3, 0.4) is 0 Å². The Hall–Kier alpha value is -1.98. The van der Waals surface area contributed by atoms with Gasteiger partial charge in [0.05, 0.1) is 16.7 Å². The molecule has 120 valence electrons. The molecule has 2 aromatic rings. The van der Waals surface area contributed by atoms with Crippen LogP contribution in [0.2, 0.25) is 0 Å². The van der Waals surface area contributed by atoms with Crippen LogP contribution < -0.4 is 0 Å². The van der Waals surface area contributed by atoms with E-state index in [1.165, 1.54) is 0 Å². The van der Waals surface area contributed by atoms with Gasteiger partial charge in [0.2, 0.25) is 0 Å². The van der Waals surface area contributed by atoms with Crippen LogP contribution in [-0.4, -0.2) is 52.3 Å². The van der Waals surface area contributed by atoms with Gasteiger partial charge in [-0.05, 0) is 31.4 Å². The molecule has 1 aromatic carbocycles. The molecular formula is C18H20N2O3. The van der Waals surface area contributed by atoms with Crippen LogP contribution in [0.25, 0.3) is 10.9 Å². The number of carbonyl (C=O) groups is 1. The number of ether oxygens (including phenoxy) is 1. The summed E-state index contributed by atoms with van der Waals surface area (Å²) in [5, 5.41) is 11.5. The molecule has 0 saturated carbocycles. The highest BCUT2D eigenvalue weighted by Gasteiger charge is 2.46. The molecule has 5 heteroatoms. The summed E-state index contributed by atoms with van der Waals surface area (Å²) < 4.78 is 5.80. The number of aromatic nitrogens is 1. The second kappa shape index (κ2) is 5.58. The molecular weight excluding hydrogens is 292 g/mol. The summed E-state index contributed by atoms with van der Waals surface area (Å²) in [4.78, 5) is 19.0. The summed E-state index contributed by atoms with van der Waals surface area (Å²) in [6.45, 7) is 1.64. The van der Waals surface area contributed by atoms with Crippen molar-refractivity contribution >= 4 is 16.8 Å². The molecule has 2 saturated heterocycles. The molecule has 0 radical (unpaired) electrons. The third kappa shape index (κ3) is 2.40. The van der Waals surface area contributed by atoms with Gasteiger partial charge in [-0.2, -0.15) is 0 Å². The Bertz CT molecular complexity index is 735. The number of amides is 1. The van der Waals surface area contributed by atoms with Gasteiger partial charge in [0.15, 0.2) is 0 Å². The zero-order valence-corrected chi connectivity index (χ0v) is 12.9. The van der Waals surface area contributed by atoms with Gasteiger partial charge in [0.25, 0.3) is 5.91 Å². The number of rotatable bonds is 1. The highest BCUT2D eigenvalue weighted by atomic mass is 16.5. The Morgan fingerprint density at radius 3 is 2.96 bits per heavy atom. The lowest BCUT2D eigenvalue weighted by Gasteiger charge is -2.42. The quantitative estimate of drug-likeness (QED) is 0.875. The minimum Gasteiger partial charge on any atom is -0.388 e. The van der Waals surface area contributed by atoms with Crippen molar-refractivity contribution in [2.45, 2.75) is 31.0 Å². The first-order chi connectivity index (χ1) is 11.2. The van der Waals surface area contributed by atoms with Gasteiger partial charge in [0.1, 0.15) is 6.10 Å². The fourth-order valence-corrected chi connectivity index (χ4v) is 3.77. The number of fused-ring (bicyclic) bond motifs is 1. The van der Waals surface area contributed by atoms with E-state index in [4.69, 9.17) is 4.74 Å². The Labute approximate surface area is 134 Å². The molecule has 0 aliphatic carbocycles. The van der Waals surface area contributed by atoms with Crippen molar-refractivity contribution in [2.24, 2.45) is 0 Å². The van der Waals surface area contributed by atoms with Crippen molar-refractivity contribution in [3.8, 4) is 0 Å². The first kappa shape index (κ1) is 14.6. The van der Waals surface area contributed by atoms with Crippen LogP contribution in [0, 0.1) is 0 Å². The molecule has 2 aliphatic rings. The molecule has 0 unspecified atom stereocenters. The molecule has 1 spiro atoms. The predicted octanol–water partition coefficient (Wildman–Crippen LogP) is 1.99. The third-order valence-electron chi connectivity index (χ3n) is 5.09. The largest absolute Gasteiger partial charge is 0.388 e. The summed E-state index contributed by atoms with van der Waals surface area (Å²) in [6.07, 6.45) is 3.64. The molecule has 0 bridgehead atoms. The molecule has 2 aliphatic heterocycles. The number of likely N-dealkylation sites (tertiary alicyclic amines) is 1. The van der Waals surface area contributed by atoms with Crippen molar-refractivity contribution in [1.29, 1.82) is 0 Å². The molecule has 23 heavy (non-hydrogen) atoms. The van der Waals surface area contributed by atoms with E-state index in [1.54, 1.807) is 17.2 Å². The van der Waals surface area contributed by atoms with E-state index in [2.05, 4.69) is 4.98 Å². The number of pyridine rings is 1. The lowest BCUT2D eigenvalue weighted by molar-refractivity contribution is -0.122. The van der Waals surface area contributed by atoms with Crippen LogP contribution in [0.1, 0.15) is 29.6 Å². The van der Waals surface area contributed by atoms with Crippen LogP contribution in [0.15, 0.2) is 36.5 Å². The smallest absolute Gasteiger partial charge is 0.256 e. The van der Waals surface area contributed by atoms with Crippen molar-refractivity contribution in [3.63, 3.8) is 0 Å². The van der Waals surface area contributed by atoms with E-state index in [9.17, 15) is 9.90 Å². The SMILES string of the molecule is O=C(c1cccc2cccnc12)N1CC[C@@]2(CCCO2)[C@@H](O)C1. The van der Waals surface area contributed by atoms with Gasteiger partial charge < -0.3 is 14.7 Å². The number of hydrogen-bond acceptors (Lipinski definition) is 4. The van der Waals surface area contributed by atoms with Gasteiger partial charge in [-0.1, -0.05) is 18.2 Å². The second-order valence-electron chi connectivity index (χ2n) is 6.41. The number of β-amino-alcohol motifs (C(OH)–C–C–N with tert-alkyl or cyclic N) is 1. The zero-order valence-electron chi connectivity index (χ0n) is 12.9. The maximum Gasteiger partial charge on any atom is 0.256 e. The van der Waals surface area contributed by atoms with E-state index < -0.39 is 11.7 Å². The fourth-order valence-electron chi connectivity index (χ4n) is 3.77. The number of carbonyl (C=O) groups excluding carboxylic acids is 1. The highest BCUT2D eigenvalue weighted by molar-refractivity contribution is 6.05. The summed E-state index contributed by atoms with van der Waals surface area (Å²) >= 11 is 0. The Morgan fingerprint density at radius 1 is 1.30 bits per heavy atom. The van der Waals surface area contributed by atoms with Gasteiger partial charge in [0, 0.05) is 31.3 Å². The minimum atomic E-state index is -0.620. The van der Waals surface area contributed by atoms with Gasteiger partial charge >= 0.3 is 0 Å². The van der Waals surface area contributed by atoms with E-state index in [0.717, 1.165) is 18.2 Å². The number of nitrogens with zero attached hydrogens (tertiary/aromatic N) is 2. The number of benzene rings is 1. The van der Waals surface area contributed by atoms with Gasteiger partial charge in [-0.25, -0.2) is 0 Å². The standard InChI is InChI=1S/C18H20N2O3/c21-15-12-20(10-8-18(15)7-3-11-23-18)17(22)14-6-1-4-13-5-2-9-19-16(13)14/h1-2,4-6,9,15,21H,3,7-8,10-12H2/t15-,18-/m0/s1. The van der Waals surface area contributed by atoms with Crippen molar-refractivity contribution < 1.29 is 14.6 Å². The van der Waals surface area contributed by atoms with Gasteiger partial charge in [-0.15, -0.1) is 0 Å². The number of aliphatic hydroxyl groups is 1. The second-order valence-corrected chi connectivity index (χ2v) is 6.41. The third-order valence-corrected chi connectivity index (χ3v) is 5.09. The maximum absolute atomic E-state index is 12.9. The fraction of sp³-hybridized carbons (Fsp3) is 0.444. The summed E-state index contributed by atoms with van der Waals surface area (Å²) in [7, 11) is 0. The molecule has 2 atom stereocenters. The maximum atomic E-state index is 12.9. The molecule has 1 N–H and O–H groups in total. The summed E-state index contributed by atoms with van der Waals surface area (Å²) in [5.74, 6) is -0.0683. The van der Waals surface area contributed by atoms with Crippen molar-refractivity contribution in [1.82, 2.24) is 9.88 Å². The van der Waals surface area contributed by atoms with Gasteiger partial charge in [-0.3, -0.25) is 9.78 Å². The lowest BCUT2D eigenvalue weighted by Crippen LogP contribution is -2.56. The molecule has 3 heterocycles. The monoisotopic (exact) mass is 312 g/mol. The highest BCUT2D eigenvalue weighted by Crippen LogP contribution is 2.36. The summed E-state index contributed by atoms with van der Waals surface area (Å²) in [5.41, 5.74) is 0.874. The van der Waals surface area contributed by atoms with Crippen LogP contribution in [0.4, 0.5) is 0 Å². The Balaban J connectivity index is 1.60. The number of aliphatic hydroxyl groups excluding tert-OH is 1. The predicted molar refractivity (Wildman–Crippen MR) is 86.2 cm³/mol. The van der Waals surface area contributed by atoms with Crippen LogP contribution in [0.5, 0.6) is 0 Å². The first-order valence-corrected chi connectivity index (χ1v) is 8.15. The first-order valence-electron chi connectivity index (χ1n) is 8.15. The van der Waals surface area contributed by atoms with Crippen molar-refractivity contribution in [3.05, 3.63) is 42.1 Å². The van der Waals surface area contributed by atoms with Crippen LogP contribution in [-0.2, 0) is 4.74 Å². The molecule has 1 aromatic heterocycles. The van der Waals surface area contributed by atoms with Crippen molar-refractivity contribution in [2.75, 3.05) is 19.7 Å². The lowest BCUT2D eigenvalue weighted by atomic mass is 9.86. The zero-order chi connectivity index (χ0) is 15.9. The average molecular weight is 312 g/mol. The number of piperidine rings is 1. The topological polar surface area (TPSA) is 62.7 Å². The van der Waals surface area contributed by atoms with E-state index in [0.29, 0.717) is 37.2 Å². The Kier molecular flexibility index (Phi) is 3.54. The normalized spacial score (nSPS) is 27.7. The number of para-hydroxylation sites is 1.